The minimum absolute atomic E-state index is 0.624. The second-order valence-corrected chi connectivity index (χ2v) is 4.18. The summed E-state index contributed by atoms with van der Waals surface area (Å²) in [6.45, 7) is 10.6. The van der Waals surface area contributed by atoms with Crippen LogP contribution in [-0.4, -0.2) is 0 Å². The standard InChI is InChI=1S/C14H20/c1-5-12(4)10-13-6-8-14(9-7-13)11(2)3/h6-9,11H,4-5,10H2,1-3H3. The summed E-state index contributed by atoms with van der Waals surface area (Å²) in [6, 6.07) is 8.89. The van der Waals surface area contributed by atoms with E-state index >= 15 is 0 Å². The van der Waals surface area contributed by atoms with Crippen molar-refractivity contribution >= 4 is 0 Å². The van der Waals surface area contributed by atoms with Crippen LogP contribution in [0.4, 0.5) is 0 Å². The molecule has 0 spiro atoms. The molecule has 0 nitrogen and oxygen atoms in total. The Morgan fingerprint density at radius 1 is 1.21 bits per heavy atom. The Kier molecular flexibility index (Phi) is 3.94. The second-order valence-electron chi connectivity index (χ2n) is 4.18. The van der Waals surface area contributed by atoms with Crippen LogP contribution in [0.5, 0.6) is 0 Å². The predicted molar refractivity (Wildman–Crippen MR) is 63.7 cm³/mol. The lowest BCUT2D eigenvalue weighted by Crippen LogP contribution is -1.90. The summed E-state index contributed by atoms with van der Waals surface area (Å²) in [7, 11) is 0. The molecule has 0 aromatic heterocycles. The fourth-order valence-electron chi connectivity index (χ4n) is 1.43. The van der Waals surface area contributed by atoms with Gasteiger partial charge in [0, 0.05) is 0 Å². The molecule has 0 aliphatic rings. The molecule has 0 saturated carbocycles. The maximum Gasteiger partial charge on any atom is -0.00699 e. The van der Waals surface area contributed by atoms with E-state index in [1.807, 2.05) is 0 Å². The first-order chi connectivity index (χ1) is 6.63. The first-order valence-electron chi connectivity index (χ1n) is 5.39. The normalized spacial score (nSPS) is 10.6. The van der Waals surface area contributed by atoms with Gasteiger partial charge in [0.1, 0.15) is 0 Å². The van der Waals surface area contributed by atoms with Gasteiger partial charge in [-0.05, 0) is 29.9 Å². The van der Waals surface area contributed by atoms with E-state index in [2.05, 4.69) is 51.6 Å². The third-order valence-electron chi connectivity index (χ3n) is 2.60. The minimum Gasteiger partial charge on any atom is -0.0995 e. The third kappa shape index (κ3) is 3.02. The van der Waals surface area contributed by atoms with Gasteiger partial charge in [-0.3, -0.25) is 0 Å². The van der Waals surface area contributed by atoms with Gasteiger partial charge in [0.05, 0.1) is 0 Å². The van der Waals surface area contributed by atoms with Gasteiger partial charge in [-0.25, -0.2) is 0 Å². The number of hydrogen-bond acceptors (Lipinski definition) is 0. The summed E-state index contributed by atoms with van der Waals surface area (Å²) in [6.07, 6.45) is 2.10. The molecule has 0 amide bonds. The number of allylic oxidation sites excluding steroid dienone is 1. The van der Waals surface area contributed by atoms with E-state index in [1.54, 1.807) is 0 Å². The van der Waals surface area contributed by atoms with Gasteiger partial charge in [-0.2, -0.15) is 0 Å². The van der Waals surface area contributed by atoms with Crippen molar-refractivity contribution in [3.8, 4) is 0 Å². The van der Waals surface area contributed by atoms with Gasteiger partial charge in [0.15, 0.2) is 0 Å². The Hall–Kier alpha value is -1.04. The highest BCUT2D eigenvalue weighted by Crippen LogP contribution is 2.16. The summed E-state index contributed by atoms with van der Waals surface area (Å²) in [5.41, 5.74) is 4.10. The van der Waals surface area contributed by atoms with Crippen LogP contribution in [0.15, 0.2) is 36.4 Å². The zero-order valence-electron chi connectivity index (χ0n) is 9.51. The zero-order chi connectivity index (χ0) is 10.6. The number of hydrogen-bond donors (Lipinski definition) is 0. The van der Waals surface area contributed by atoms with Crippen molar-refractivity contribution < 1.29 is 0 Å². The summed E-state index contributed by atoms with van der Waals surface area (Å²) in [5, 5.41) is 0. The predicted octanol–water partition coefficient (Wildman–Crippen LogP) is 4.32. The monoisotopic (exact) mass is 188 g/mol. The van der Waals surface area contributed by atoms with Crippen molar-refractivity contribution in [3.63, 3.8) is 0 Å². The van der Waals surface area contributed by atoms with Crippen LogP contribution in [0.2, 0.25) is 0 Å². The highest BCUT2D eigenvalue weighted by molar-refractivity contribution is 5.27. The van der Waals surface area contributed by atoms with Gasteiger partial charge in [-0.15, -0.1) is 0 Å². The summed E-state index contributed by atoms with van der Waals surface area (Å²) >= 11 is 0. The molecule has 0 unspecified atom stereocenters. The van der Waals surface area contributed by atoms with E-state index in [-0.39, 0.29) is 0 Å². The quantitative estimate of drug-likeness (QED) is 0.617. The molecule has 1 rings (SSSR count). The van der Waals surface area contributed by atoms with Crippen molar-refractivity contribution in [1.29, 1.82) is 0 Å². The van der Waals surface area contributed by atoms with E-state index in [9.17, 15) is 0 Å². The third-order valence-corrected chi connectivity index (χ3v) is 2.60. The molecule has 1 aromatic rings. The molecule has 0 radical (unpaired) electrons. The zero-order valence-corrected chi connectivity index (χ0v) is 9.51. The maximum absolute atomic E-state index is 4.03. The summed E-state index contributed by atoms with van der Waals surface area (Å²) < 4.78 is 0. The van der Waals surface area contributed by atoms with E-state index in [1.165, 1.54) is 16.7 Å². The summed E-state index contributed by atoms with van der Waals surface area (Å²) in [5.74, 6) is 0.624. The van der Waals surface area contributed by atoms with Crippen LogP contribution in [0, 0.1) is 0 Å². The van der Waals surface area contributed by atoms with E-state index in [0.717, 1.165) is 12.8 Å². The van der Waals surface area contributed by atoms with Gasteiger partial charge >= 0.3 is 0 Å². The molecule has 0 atom stereocenters. The topological polar surface area (TPSA) is 0 Å². The van der Waals surface area contributed by atoms with Crippen LogP contribution >= 0.6 is 0 Å². The van der Waals surface area contributed by atoms with Crippen molar-refractivity contribution in [2.75, 3.05) is 0 Å². The Balaban J connectivity index is 2.69. The first kappa shape index (κ1) is 11.0. The Morgan fingerprint density at radius 3 is 2.21 bits per heavy atom. The Bertz CT molecular complexity index is 290. The molecular weight excluding hydrogens is 168 g/mol. The summed E-state index contributed by atoms with van der Waals surface area (Å²) in [4.78, 5) is 0. The molecule has 0 N–H and O–H groups in total. The van der Waals surface area contributed by atoms with Gasteiger partial charge in [0.25, 0.3) is 0 Å². The molecule has 0 aliphatic heterocycles. The van der Waals surface area contributed by atoms with Crippen LogP contribution in [0.25, 0.3) is 0 Å². The van der Waals surface area contributed by atoms with Gasteiger partial charge in [-0.1, -0.05) is 57.2 Å². The van der Waals surface area contributed by atoms with Crippen molar-refractivity contribution in [3.05, 3.63) is 47.5 Å². The van der Waals surface area contributed by atoms with Gasteiger partial charge in [0.2, 0.25) is 0 Å². The second kappa shape index (κ2) is 4.99. The lowest BCUT2D eigenvalue weighted by Gasteiger charge is -2.07. The van der Waals surface area contributed by atoms with Crippen molar-refractivity contribution in [2.45, 2.75) is 39.5 Å². The fourth-order valence-corrected chi connectivity index (χ4v) is 1.43. The molecule has 0 bridgehead atoms. The fraction of sp³-hybridized carbons (Fsp3) is 0.429. The van der Waals surface area contributed by atoms with Gasteiger partial charge < -0.3 is 0 Å². The van der Waals surface area contributed by atoms with Crippen LogP contribution in [0.3, 0.4) is 0 Å². The largest absolute Gasteiger partial charge is 0.0995 e. The highest BCUT2D eigenvalue weighted by Gasteiger charge is 1.99. The minimum atomic E-state index is 0.624. The number of benzene rings is 1. The molecule has 0 heteroatoms. The smallest absolute Gasteiger partial charge is 0.00699 e. The number of rotatable bonds is 4. The maximum atomic E-state index is 4.03. The lowest BCUT2D eigenvalue weighted by atomic mass is 9.99. The molecule has 0 aliphatic carbocycles. The Labute approximate surface area is 87.7 Å². The van der Waals surface area contributed by atoms with Crippen LogP contribution in [0.1, 0.15) is 44.2 Å². The molecule has 14 heavy (non-hydrogen) atoms. The first-order valence-corrected chi connectivity index (χ1v) is 5.39. The molecule has 1 aromatic carbocycles. The lowest BCUT2D eigenvalue weighted by molar-refractivity contribution is 0.864. The van der Waals surface area contributed by atoms with Crippen molar-refractivity contribution in [2.24, 2.45) is 0 Å². The Morgan fingerprint density at radius 2 is 1.79 bits per heavy atom. The van der Waals surface area contributed by atoms with E-state index < -0.39 is 0 Å². The average molecular weight is 188 g/mol. The molecule has 0 heterocycles. The average Bonchev–Trinajstić information content (AvgIpc) is 2.18. The molecule has 76 valence electrons. The SMILES string of the molecule is C=C(CC)Cc1ccc(C(C)C)cc1. The molecule has 0 fully saturated rings. The highest BCUT2D eigenvalue weighted by atomic mass is 14.0. The molecular formula is C14H20. The van der Waals surface area contributed by atoms with Crippen molar-refractivity contribution in [1.82, 2.24) is 0 Å². The van der Waals surface area contributed by atoms with Crippen LogP contribution in [-0.2, 0) is 6.42 Å². The van der Waals surface area contributed by atoms with Crippen LogP contribution < -0.4 is 0 Å². The van der Waals surface area contributed by atoms with E-state index in [4.69, 9.17) is 0 Å². The molecule has 0 saturated heterocycles. The van der Waals surface area contributed by atoms with E-state index in [0.29, 0.717) is 5.92 Å².